The molecule has 0 radical (unpaired) electrons. The van der Waals surface area contributed by atoms with Crippen molar-refractivity contribution >= 4 is 15.6 Å². The van der Waals surface area contributed by atoms with Crippen LogP contribution < -0.4 is 0 Å². The van der Waals surface area contributed by atoms with Gasteiger partial charge < -0.3 is 0 Å². The highest BCUT2D eigenvalue weighted by Gasteiger charge is 2.23. The second-order valence-corrected chi connectivity index (χ2v) is 7.40. The first-order valence-corrected chi connectivity index (χ1v) is 8.48. The van der Waals surface area contributed by atoms with Crippen LogP contribution in [0.5, 0.6) is 0 Å². The van der Waals surface area contributed by atoms with Gasteiger partial charge in [-0.25, -0.2) is 13.1 Å². The van der Waals surface area contributed by atoms with Gasteiger partial charge in [0.1, 0.15) is 0 Å². The summed E-state index contributed by atoms with van der Waals surface area (Å²) in [6.45, 7) is 5.82. The Morgan fingerprint density at radius 2 is 1.96 bits per heavy atom. The second kappa shape index (κ2) is 5.58. The maximum Gasteiger partial charge on any atom is 0.227 e. The fourth-order valence-corrected chi connectivity index (χ4v) is 3.47. The maximum atomic E-state index is 12.5. The van der Waals surface area contributed by atoms with Gasteiger partial charge in [0.15, 0.2) is 5.78 Å². The molecule has 3 rings (SSSR count). The molecule has 23 heavy (non-hydrogen) atoms. The zero-order valence-corrected chi connectivity index (χ0v) is 13.4. The van der Waals surface area contributed by atoms with Gasteiger partial charge in [-0.15, -0.1) is 5.10 Å². The lowest BCUT2D eigenvalue weighted by Gasteiger charge is -2.01. The molecule has 6 nitrogen and oxygen atoms in total. The summed E-state index contributed by atoms with van der Waals surface area (Å²) in [5, 5.41) is 7.42. The van der Waals surface area contributed by atoms with E-state index in [0.29, 0.717) is 12.0 Å². The molecule has 0 bridgehead atoms. The predicted molar refractivity (Wildman–Crippen MR) is 83.5 cm³/mol. The quantitative estimate of drug-likeness (QED) is 0.855. The van der Waals surface area contributed by atoms with Gasteiger partial charge in [-0.1, -0.05) is 35.6 Å². The Morgan fingerprint density at radius 3 is 2.57 bits per heavy atom. The summed E-state index contributed by atoms with van der Waals surface area (Å²) in [5.74, 6) is -0.0200. The van der Waals surface area contributed by atoms with Crippen molar-refractivity contribution in [3.8, 4) is 0 Å². The van der Waals surface area contributed by atoms with Crippen LogP contribution in [0.4, 0.5) is 0 Å². The summed E-state index contributed by atoms with van der Waals surface area (Å²) < 4.78 is 26.4. The van der Waals surface area contributed by atoms with Crippen molar-refractivity contribution < 1.29 is 13.2 Å². The summed E-state index contributed by atoms with van der Waals surface area (Å²) in [6.07, 6.45) is 3.35. The Kier molecular flexibility index (Phi) is 3.73. The molecule has 2 aromatic rings. The van der Waals surface area contributed by atoms with Crippen LogP contribution in [0, 0.1) is 6.92 Å². The first-order chi connectivity index (χ1) is 10.9. The van der Waals surface area contributed by atoms with Gasteiger partial charge in [0, 0.05) is 12.0 Å². The Hall–Kier alpha value is -2.54. The highest BCUT2D eigenvalue weighted by atomic mass is 32.2. The van der Waals surface area contributed by atoms with Gasteiger partial charge in [-0.2, -0.15) is 0 Å². The monoisotopic (exact) mass is 329 g/mol. The molecule has 0 spiro atoms. The fraction of sp³-hybridized carbons (Fsp3) is 0.188. The number of rotatable bonds is 4. The molecular weight excluding hydrogens is 314 g/mol. The van der Waals surface area contributed by atoms with Crippen LogP contribution >= 0.6 is 0 Å². The van der Waals surface area contributed by atoms with E-state index in [0.717, 1.165) is 11.1 Å². The number of hydrogen-bond acceptors (Lipinski definition) is 5. The number of aryl methyl sites for hydroxylation is 1. The van der Waals surface area contributed by atoms with Crippen LogP contribution in [0.3, 0.4) is 0 Å². The van der Waals surface area contributed by atoms with Crippen molar-refractivity contribution in [2.75, 3.05) is 0 Å². The van der Waals surface area contributed by atoms with Gasteiger partial charge in [-0.3, -0.25) is 4.79 Å². The van der Waals surface area contributed by atoms with E-state index in [4.69, 9.17) is 0 Å². The number of ketones is 1. The molecule has 0 saturated heterocycles. The first-order valence-electron chi connectivity index (χ1n) is 7.00. The summed E-state index contributed by atoms with van der Waals surface area (Å²) >= 11 is 0. The normalized spacial score (nSPS) is 15.1. The van der Waals surface area contributed by atoms with Crippen molar-refractivity contribution in [3.63, 3.8) is 0 Å². The zero-order chi connectivity index (χ0) is 16.6. The largest absolute Gasteiger partial charge is 0.294 e. The summed E-state index contributed by atoms with van der Waals surface area (Å²) in [4.78, 5) is 11.9. The predicted octanol–water partition coefficient (Wildman–Crippen LogP) is 1.87. The number of sulfone groups is 1. The van der Waals surface area contributed by atoms with Crippen LogP contribution in [0.2, 0.25) is 0 Å². The SMILES string of the molecule is C=C1C=C(Cn2cc(S(=O)(=O)c3ccc(C)cc3)nn2)C(=O)C1. The van der Waals surface area contributed by atoms with E-state index in [9.17, 15) is 13.2 Å². The van der Waals surface area contributed by atoms with E-state index in [1.807, 2.05) is 6.92 Å². The van der Waals surface area contributed by atoms with E-state index in [1.165, 1.54) is 23.0 Å². The number of carbonyl (C=O) groups is 1. The average molecular weight is 329 g/mol. The number of carbonyl (C=O) groups excluding carboxylic acids is 1. The van der Waals surface area contributed by atoms with Gasteiger partial charge >= 0.3 is 0 Å². The van der Waals surface area contributed by atoms with E-state index < -0.39 is 9.84 Å². The molecule has 1 heterocycles. The molecule has 1 aliphatic carbocycles. The first kappa shape index (κ1) is 15.4. The smallest absolute Gasteiger partial charge is 0.227 e. The minimum Gasteiger partial charge on any atom is -0.294 e. The standard InChI is InChI=1S/C16H15N3O3S/c1-11-3-5-14(6-4-11)23(21,22)16-10-19(18-17-16)9-13-7-12(2)8-15(13)20/h3-7,10H,2,8-9H2,1H3. The Bertz CT molecular complexity index is 922. The Labute approximate surface area is 134 Å². The average Bonchev–Trinajstić information content (AvgIpc) is 3.07. The van der Waals surface area contributed by atoms with Crippen molar-refractivity contribution in [3.05, 3.63) is 59.8 Å². The van der Waals surface area contributed by atoms with Crippen LogP contribution in [0.1, 0.15) is 12.0 Å². The minimum absolute atomic E-state index is 0.0200. The Morgan fingerprint density at radius 1 is 1.26 bits per heavy atom. The van der Waals surface area contributed by atoms with Gasteiger partial charge in [0.25, 0.3) is 0 Å². The molecule has 1 aromatic carbocycles. The van der Waals surface area contributed by atoms with Crippen LogP contribution in [-0.4, -0.2) is 29.2 Å². The number of aromatic nitrogens is 3. The van der Waals surface area contributed by atoms with Crippen LogP contribution in [-0.2, 0) is 21.2 Å². The summed E-state index contributed by atoms with van der Waals surface area (Å²) in [5.41, 5.74) is 2.27. The maximum absolute atomic E-state index is 12.5. The molecule has 1 aliphatic rings. The van der Waals surface area contributed by atoms with Crippen molar-refractivity contribution in [2.24, 2.45) is 0 Å². The molecule has 0 saturated carbocycles. The topological polar surface area (TPSA) is 81.9 Å². The molecule has 0 atom stereocenters. The zero-order valence-electron chi connectivity index (χ0n) is 12.6. The number of Topliss-reactive ketones (excluding diaryl/α,β-unsaturated/α-hetero) is 1. The van der Waals surface area contributed by atoms with Gasteiger partial charge in [-0.05, 0) is 24.6 Å². The molecule has 0 aliphatic heterocycles. The van der Waals surface area contributed by atoms with E-state index in [-0.39, 0.29) is 22.2 Å². The van der Waals surface area contributed by atoms with Gasteiger partial charge in [0.05, 0.1) is 17.6 Å². The third kappa shape index (κ3) is 3.00. The Balaban J connectivity index is 1.87. The fourth-order valence-electron chi connectivity index (χ4n) is 2.33. The molecule has 1 aromatic heterocycles. The van der Waals surface area contributed by atoms with Crippen molar-refractivity contribution in [1.29, 1.82) is 0 Å². The van der Waals surface area contributed by atoms with E-state index >= 15 is 0 Å². The molecule has 0 unspecified atom stereocenters. The van der Waals surface area contributed by atoms with Gasteiger partial charge in [0.2, 0.25) is 14.9 Å². The minimum atomic E-state index is -3.71. The van der Waals surface area contributed by atoms with Crippen LogP contribution in [0.15, 0.2) is 64.2 Å². The summed E-state index contributed by atoms with van der Waals surface area (Å²) in [7, 11) is -3.71. The lowest BCUT2D eigenvalue weighted by atomic mass is 10.2. The van der Waals surface area contributed by atoms with Crippen LogP contribution in [0.25, 0.3) is 0 Å². The molecule has 7 heteroatoms. The second-order valence-electron chi connectivity index (χ2n) is 5.50. The molecule has 0 fully saturated rings. The third-order valence-electron chi connectivity index (χ3n) is 3.58. The van der Waals surface area contributed by atoms with Crippen molar-refractivity contribution in [1.82, 2.24) is 15.0 Å². The lowest BCUT2D eigenvalue weighted by molar-refractivity contribution is -0.114. The number of nitrogens with zero attached hydrogens (tertiary/aromatic N) is 3. The van der Waals surface area contributed by atoms with Crippen molar-refractivity contribution in [2.45, 2.75) is 29.8 Å². The van der Waals surface area contributed by atoms with E-state index in [2.05, 4.69) is 16.9 Å². The molecule has 0 N–H and O–H groups in total. The highest BCUT2D eigenvalue weighted by Crippen LogP contribution is 2.21. The number of hydrogen-bond donors (Lipinski definition) is 0. The highest BCUT2D eigenvalue weighted by molar-refractivity contribution is 7.91. The molecule has 0 amide bonds. The third-order valence-corrected chi connectivity index (χ3v) is 5.21. The van der Waals surface area contributed by atoms with E-state index in [1.54, 1.807) is 18.2 Å². The summed E-state index contributed by atoms with van der Waals surface area (Å²) in [6, 6.07) is 6.53. The molecule has 118 valence electrons. The number of benzene rings is 1. The number of allylic oxidation sites excluding steroid dienone is 3. The lowest BCUT2D eigenvalue weighted by Crippen LogP contribution is -2.07. The molecular formula is C16H15N3O3S.